The Morgan fingerprint density at radius 1 is 1.27 bits per heavy atom. The van der Waals surface area contributed by atoms with E-state index in [4.69, 9.17) is 16.6 Å². The van der Waals surface area contributed by atoms with Crippen molar-refractivity contribution >= 4 is 23.3 Å². The largest absolute Gasteiger partial charge is 0.478 e. The van der Waals surface area contributed by atoms with Gasteiger partial charge in [0, 0.05) is 18.3 Å². The van der Waals surface area contributed by atoms with E-state index in [0.29, 0.717) is 10.9 Å². The van der Waals surface area contributed by atoms with Gasteiger partial charge in [0.25, 0.3) is 0 Å². The third-order valence-corrected chi connectivity index (χ3v) is 5.67. The van der Waals surface area contributed by atoms with E-state index in [9.17, 15) is 9.90 Å². The van der Waals surface area contributed by atoms with Gasteiger partial charge in [-0.3, -0.25) is 4.98 Å². The van der Waals surface area contributed by atoms with Crippen LogP contribution < -0.4 is 5.32 Å². The van der Waals surface area contributed by atoms with E-state index < -0.39 is 5.97 Å². The molecule has 0 aliphatic carbocycles. The van der Waals surface area contributed by atoms with Crippen molar-refractivity contribution in [1.29, 1.82) is 0 Å². The van der Waals surface area contributed by atoms with Crippen molar-refractivity contribution < 1.29 is 14.3 Å². The molecule has 0 unspecified atom stereocenters. The number of carboxylic acid groups (broad SMARTS) is 1. The maximum absolute atomic E-state index is 11.2. The number of aryl methyl sites for hydroxylation is 1. The van der Waals surface area contributed by atoms with Crippen LogP contribution in [0.1, 0.15) is 52.8 Å². The highest BCUT2D eigenvalue weighted by Gasteiger charge is 2.41. The van der Waals surface area contributed by atoms with Crippen molar-refractivity contribution in [3.8, 4) is 11.3 Å². The number of nitrogens with one attached hydrogen (secondary N) is 1. The molecule has 2 atom stereocenters. The van der Waals surface area contributed by atoms with Crippen molar-refractivity contribution in [2.45, 2.75) is 32.4 Å². The van der Waals surface area contributed by atoms with Gasteiger partial charge in [-0.2, -0.15) is 0 Å². The molecule has 3 aromatic rings. The van der Waals surface area contributed by atoms with E-state index in [2.05, 4.69) is 22.1 Å². The van der Waals surface area contributed by atoms with E-state index in [1.165, 1.54) is 0 Å². The molecule has 1 aliphatic rings. The number of hydrogen-bond acceptors (Lipinski definition) is 4. The number of benzene rings is 1. The van der Waals surface area contributed by atoms with Crippen LogP contribution in [0.4, 0.5) is 0 Å². The molecule has 0 bridgehead atoms. The second-order valence-electron chi connectivity index (χ2n) is 7.36. The Labute approximate surface area is 180 Å². The van der Waals surface area contributed by atoms with E-state index in [1.807, 2.05) is 37.3 Å². The average Bonchev–Trinajstić information content (AvgIpc) is 3.34. The number of thiocarbonyl (C=S) groups is 1. The lowest BCUT2D eigenvalue weighted by atomic mass is 10.0. The Kier molecular flexibility index (Phi) is 5.55. The quantitative estimate of drug-likeness (QED) is 0.557. The highest BCUT2D eigenvalue weighted by molar-refractivity contribution is 7.80. The first-order valence-corrected chi connectivity index (χ1v) is 10.3. The van der Waals surface area contributed by atoms with Crippen LogP contribution in [0, 0.1) is 6.92 Å². The Bertz CT molecular complexity index is 1080. The van der Waals surface area contributed by atoms with Gasteiger partial charge in [-0.15, -0.1) is 0 Å². The first-order valence-electron chi connectivity index (χ1n) is 9.91. The molecular formula is C23H23N3O3S. The van der Waals surface area contributed by atoms with Crippen LogP contribution in [0.3, 0.4) is 0 Å². The molecule has 3 heterocycles. The SMILES string of the molecule is CCCN1C(=S)N[C@H](c2ccccn2)[C@@H]1c1ccc(-c2ccc(C(=O)O)cc2C)o1. The fourth-order valence-corrected chi connectivity index (χ4v) is 4.26. The van der Waals surface area contributed by atoms with Crippen LogP contribution in [0.2, 0.25) is 0 Å². The number of nitrogens with zero attached hydrogens (tertiary/aromatic N) is 2. The number of furan rings is 1. The van der Waals surface area contributed by atoms with Crippen LogP contribution in [0.25, 0.3) is 11.3 Å². The number of carbonyl (C=O) groups is 1. The van der Waals surface area contributed by atoms with Crippen LogP contribution >= 0.6 is 12.2 Å². The zero-order valence-electron chi connectivity index (χ0n) is 16.8. The number of pyridine rings is 1. The van der Waals surface area contributed by atoms with Crippen LogP contribution in [0.5, 0.6) is 0 Å². The summed E-state index contributed by atoms with van der Waals surface area (Å²) < 4.78 is 6.29. The third kappa shape index (κ3) is 3.68. The molecular weight excluding hydrogens is 398 g/mol. The van der Waals surface area contributed by atoms with Crippen molar-refractivity contribution in [1.82, 2.24) is 15.2 Å². The van der Waals surface area contributed by atoms with Gasteiger partial charge in [-0.1, -0.05) is 19.1 Å². The summed E-state index contributed by atoms with van der Waals surface area (Å²) in [5, 5.41) is 13.3. The molecule has 6 nitrogen and oxygen atoms in total. The molecule has 0 spiro atoms. The minimum Gasteiger partial charge on any atom is -0.478 e. The standard InChI is InChI=1S/C23H23N3O3S/c1-3-12-26-21(20(25-23(26)30)17-6-4-5-11-24-17)19-10-9-18(29-19)16-8-7-15(22(27)28)13-14(16)2/h4-11,13,20-21H,3,12H2,1-2H3,(H,25,30)(H,27,28)/t20-,21+/m1/s1. The molecule has 0 saturated carbocycles. The van der Waals surface area contributed by atoms with Crippen molar-refractivity contribution in [3.05, 3.63) is 77.3 Å². The summed E-state index contributed by atoms with van der Waals surface area (Å²) in [6.45, 7) is 4.81. The maximum Gasteiger partial charge on any atom is 0.335 e. The molecule has 2 aromatic heterocycles. The summed E-state index contributed by atoms with van der Waals surface area (Å²) in [4.78, 5) is 17.9. The van der Waals surface area contributed by atoms with E-state index in [0.717, 1.165) is 35.5 Å². The molecule has 4 rings (SSSR count). The summed E-state index contributed by atoms with van der Waals surface area (Å²) in [6.07, 6.45) is 2.73. The number of carboxylic acids is 1. The lowest BCUT2D eigenvalue weighted by Gasteiger charge is -2.25. The first-order chi connectivity index (χ1) is 14.5. The number of hydrogen-bond donors (Lipinski definition) is 2. The van der Waals surface area contributed by atoms with Gasteiger partial charge >= 0.3 is 5.97 Å². The smallest absolute Gasteiger partial charge is 0.335 e. The number of aromatic nitrogens is 1. The number of aromatic carboxylic acids is 1. The minimum absolute atomic E-state index is 0.111. The fourth-order valence-electron chi connectivity index (χ4n) is 3.93. The highest BCUT2D eigenvalue weighted by atomic mass is 32.1. The van der Waals surface area contributed by atoms with Crippen LogP contribution in [-0.4, -0.2) is 32.6 Å². The second kappa shape index (κ2) is 8.28. The molecule has 1 saturated heterocycles. The normalized spacial score (nSPS) is 18.5. The van der Waals surface area contributed by atoms with Gasteiger partial charge in [-0.05, 0) is 67.5 Å². The maximum atomic E-state index is 11.2. The Balaban J connectivity index is 1.72. The molecule has 1 fully saturated rings. The molecule has 0 amide bonds. The predicted octanol–water partition coefficient (Wildman–Crippen LogP) is 4.73. The van der Waals surface area contributed by atoms with Crippen LogP contribution in [-0.2, 0) is 0 Å². The van der Waals surface area contributed by atoms with E-state index in [-0.39, 0.29) is 17.6 Å². The minimum atomic E-state index is -0.941. The first kappa shape index (κ1) is 20.1. The Morgan fingerprint density at radius 2 is 2.10 bits per heavy atom. The summed E-state index contributed by atoms with van der Waals surface area (Å²) in [5.41, 5.74) is 2.89. The summed E-state index contributed by atoms with van der Waals surface area (Å²) in [6, 6.07) is 14.6. The lowest BCUT2D eigenvalue weighted by Crippen LogP contribution is -2.30. The summed E-state index contributed by atoms with van der Waals surface area (Å²) in [7, 11) is 0. The highest BCUT2D eigenvalue weighted by Crippen LogP contribution is 2.40. The van der Waals surface area contributed by atoms with Gasteiger partial charge < -0.3 is 19.7 Å². The molecule has 1 aromatic carbocycles. The summed E-state index contributed by atoms with van der Waals surface area (Å²) >= 11 is 5.61. The topological polar surface area (TPSA) is 78.6 Å². The number of rotatable bonds is 6. The van der Waals surface area contributed by atoms with Crippen molar-refractivity contribution in [2.75, 3.05) is 6.54 Å². The zero-order chi connectivity index (χ0) is 21.3. The average molecular weight is 422 g/mol. The fraction of sp³-hybridized carbons (Fsp3) is 0.261. The van der Waals surface area contributed by atoms with Gasteiger partial charge in [0.2, 0.25) is 0 Å². The van der Waals surface area contributed by atoms with E-state index >= 15 is 0 Å². The van der Waals surface area contributed by atoms with Gasteiger partial charge in [0.05, 0.1) is 17.3 Å². The second-order valence-corrected chi connectivity index (χ2v) is 7.74. The zero-order valence-corrected chi connectivity index (χ0v) is 17.6. The molecule has 30 heavy (non-hydrogen) atoms. The molecule has 1 aliphatic heterocycles. The molecule has 0 radical (unpaired) electrons. The molecule has 2 N–H and O–H groups in total. The van der Waals surface area contributed by atoms with Gasteiger partial charge in [0.1, 0.15) is 17.6 Å². The van der Waals surface area contributed by atoms with Gasteiger partial charge in [0.15, 0.2) is 5.11 Å². The Hall–Kier alpha value is -3.19. The van der Waals surface area contributed by atoms with Crippen molar-refractivity contribution in [3.63, 3.8) is 0 Å². The monoisotopic (exact) mass is 421 g/mol. The molecule has 7 heteroatoms. The van der Waals surface area contributed by atoms with E-state index in [1.54, 1.807) is 24.4 Å². The third-order valence-electron chi connectivity index (χ3n) is 5.32. The Morgan fingerprint density at radius 3 is 2.77 bits per heavy atom. The van der Waals surface area contributed by atoms with Crippen LogP contribution in [0.15, 0.2) is 59.1 Å². The van der Waals surface area contributed by atoms with Gasteiger partial charge in [-0.25, -0.2) is 4.79 Å². The lowest BCUT2D eigenvalue weighted by molar-refractivity contribution is 0.0697. The summed E-state index contributed by atoms with van der Waals surface area (Å²) in [5.74, 6) is 0.556. The molecule has 154 valence electrons. The van der Waals surface area contributed by atoms with Crippen molar-refractivity contribution in [2.24, 2.45) is 0 Å². The predicted molar refractivity (Wildman–Crippen MR) is 118 cm³/mol.